The molecular formula is C13H19NO. The lowest BCUT2D eigenvalue weighted by Crippen LogP contribution is -2.26. The molecule has 1 aliphatic rings. The normalized spacial score (nSPS) is 27.1. The average molecular weight is 205 g/mol. The van der Waals surface area contributed by atoms with E-state index in [0.29, 0.717) is 6.04 Å². The first-order valence-electron chi connectivity index (χ1n) is 5.83. The maximum atomic E-state index is 5.93. The Balaban J connectivity index is 2.08. The van der Waals surface area contributed by atoms with Gasteiger partial charge in [0.25, 0.3) is 0 Å². The Morgan fingerprint density at radius 2 is 2.00 bits per heavy atom. The molecule has 0 spiro atoms. The highest BCUT2D eigenvalue weighted by Crippen LogP contribution is 2.33. The standard InChI is InChI=1S/C13H19NO/c1-3-12-10-13(15-14(12)4-2)11-8-6-5-7-9-11/h5-9,12-13H,3-4,10H2,1-2H3/t12-,13-/m1/s1. The van der Waals surface area contributed by atoms with Crippen LogP contribution in [-0.4, -0.2) is 17.6 Å². The maximum Gasteiger partial charge on any atom is 0.106 e. The van der Waals surface area contributed by atoms with Gasteiger partial charge < -0.3 is 0 Å². The second-order valence-electron chi connectivity index (χ2n) is 4.04. The van der Waals surface area contributed by atoms with Gasteiger partial charge in [-0.1, -0.05) is 44.2 Å². The molecule has 0 amide bonds. The quantitative estimate of drug-likeness (QED) is 0.751. The first-order valence-corrected chi connectivity index (χ1v) is 5.83. The molecule has 2 heteroatoms. The van der Waals surface area contributed by atoms with Gasteiger partial charge in [-0.25, -0.2) is 0 Å². The van der Waals surface area contributed by atoms with Gasteiger partial charge in [0.1, 0.15) is 6.10 Å². The fraction of sp³-hybridized carbons (Fsp3) is 0.538. The molecule has 1 aromatic carbocycles. The number of hydroxylamine groups is 2. The summed E-state index contributed by atoms with van der Waals surface area (Å²) in [5, 5.41) is 2.12. The Kier molecular flexibility index (Phi) is 3.39. The summed E-state index contributed by atoms with van der Waals surface area (Å²) in [6, 6.07) is 11.1. The molecule has 82 valence electrons. The van der Waals surface area contributed by atoms with E-state index in [9.17, 15) is 0 Å². The van der Waals surface area contributed by atoms with Crippen LogP contribution in [0.1, 0.15) is 38.4 Å². The second-order valence-corrected chi connectivity index (χ2v) is 4.04. The zero-order valence-electron chi connectivity index (χ0n) is 9.52. The molecule has 0 aromatic heterocycles. The minimum atomic E-state index is 0.260. The smallest absolute Gasteiger partial charge is 0.106 e. The number of benzene rings is 1. The number of hydrogen-bond donors (Lipinski definition) is 0. The summed E-state index contributed by atoms with van der Waals surface area (Å²) in [5.41, 5.74) is 1.30. The van der Waals surface area contributed by atoms with E-state index in [-0.39, 0.29) is 6.10 Å². The minimum absolute atomic E-state index is 0.260. The van der Waals surface area contributed by atoms with Crippen LogP contribution < -0.4 is 0 Å². The molecule has 1 heterocycles. The third-order valence-corrected chi connectivity index (χ3v) is 3.11. The Hall–Kier alpha value is -0.860. The highest BCUT2D eigenvalue weighted by Gasteiger charge is 2.31. The van der Waals surface area contributed by atoms with Crippen LogP contribution in [-0.2, 0) is 4.84 Å². The van der Waals surface area contributed by atoms with E-state index < -0.39 is 0 Å². The summed E-state index contributed by atoms with van der Waals surface area (Å²) in [7, 11) is 0. The molecule has 2 rings (SSSR count). The average Bonchev–Trinajstić information content (AvgIpc) is 2.73. The lowest BCUT2D eigenvalue weighted by Gasteiger charge is -2.19. The molecule has 1 fully saturated rings. The van der Waals surface area contributed by atoms with Crippen molar-refractivity contribution in [3.63, 3.8) is 0 Å². The lowest BCUT2D eigenvalue weighted by molar-refractivity contribution is -0.161. The first-order chi connectivity index (χ1) is 7.35. The molecule has 2 atom stereocenters. The van der Waals surface area contributed by atoms with Crippen LogP contribution in [0.5, 0.6) is 0 Å². The van der Waals surface area contributed by atoms with Crippen molar-refractivity contribution < 1.29 is 4.84 Å². The zero-order chi connectivity index (χ0) is 10.7. The Morgan fingerprint density at radius 1 is 1.27 bits per heavy atom. The van der Waals surface area contributed by atoms with Crippen molar-refractivity contribution in [3.05, 3.63) is 35.9 Å². The molecule has 1 saturated heterocycles. The van der Waals surface area contributed by atoms with Gasteiger partial charge in [0.15, 0.2) is 0 Å². The van der Waals surface area contributed by atoms with E-state index in [1.54, 1.807) is 0 Å². The number of rotatable bonds is 3. The predicted molar refractivity (Wildman–Crippen MR) is 61.3 cm³/mol. The summed E-state index contributed by atoms with van der Waals surface area (Å²) in [6.45, 7) is 5.35. The van der Waals surface area contributed by atoms with Crippen molar-refractivity contribution in [3.8, 4) is 0 Å². The van der Waals surface area contributed by atoms with Crippen molar-refractivity contribution in [2.24, 2.45) is 0 Å². The van der Waals surface area contributed by atoms with Crippen LogP contribution in [0.4, 0.5) is 0 Å². The fourth-order valence-corrected chi connectivity index (χ4v) is 2.22. The summed E-state index contributed by atoms with van der Waals surface area (Å²) >= 11 is 0. The first kappa shape index (κ1) is 10.7. The van der Waals surface area contributed by atoms with Gasteiger partial charge in [0.05, 0.1) is 0 Å². The van der Waals surface area contributed by atoms with E-state index in [0.717, 1.165) is 19.4 Å². The monoisotopic (exact) mass is 205 g/mol. The Labute approximate surface area is 91.8 Å². The number of nitrogens with zero attached hydrogens (tertiary/aromatic N) is 1. The van der Waals surface area contributed by atoms with E-state index in [1.807, 2.05) is 6.07 Å². The van der Waals surface area contributed by atoms with Gasteiger partial charge in [0, 0.05) is 12.6 Å². The summed E-state index contributed by atoms with van der Waals surface area (Å²) < 4.78 is 0. The van der Waals surface area contributed by atoms with Gasteiger partial charge >= 0.3 is 0 Å². The molecule has 0 saturated carbocycles. The summed E-state index contributed by atoms with van der Waals surface area (Å²) in [5.74, 6) is 0. The molecule has 0 N–H and O–H groups in total. The van der Waals surface area contributed by atoms with Crippen LogP contribution in [0.3, 0.4) is 0 Å². The van der Waals surface area contributed by atoms with E-state index in [2.05, 4.69) is 43.2 Å². The van der Waals surface area contributed by atoms with Crippen molar-refractivity contribution in [2.75, 3.05) is 6.54 Å². The van der Waals surface area contributed by atoms with Crippen LogP contribution in [0.2, 0.25) is 0 Å². The SMILES string of the molecule is CC[C@@H]1C[C@H](c2ccccc2)ON1CC. The molecule has 0 radical (unpaired) electrons. The van der Waals surface area contributed by atoms with Gasteiger partial charge in [0.2, 0.25) is 0 Å². The predicted octanol–water partition coefficient (Wildman–Crippen LogP) is 3.16. The van der Waals surface area contributed by atoms with Gasteiger partial charge in [-0.05, 0) is 18.4 Å². The van der Waals surface area contributed by atoms with Crippen molar-refractivity contribution in [1.29, 1.82) is 0 Å². The van der Waals surface area contributed by atoms with Gasteiger partial charge in [-0.15, -0.1) is 0 Å². The summed E-state index contributed by atoms with van der Waals surface area (Å²) in [6.07, 6.45) is 2.54. The third-order valence-electron chi connectivity index (χ3n) is 3.11. The molecular weight excluding hydrogens is 186 g/mol. The maximum absolute atomic E-state index is 5.93. The topological polar surface area (TPSA) is 12.5 Å². The molecule has 1 aromatic rings. The Bertz CT molecular complexity index is 287. The van der Waals surface area contributed by atoms with E-state index in [4.69, 9.17) is 4.84 Å². The Morgan fingerprint density at radius 3 is 2.53 bits per heavy atom. The third kappa shape index (κ3) is 2.21. The molecule has 1 aliphatic heterocycles. The molecule has 15 heavy (non-hydrogen) atoms. The molecule has 0 aliphatic carbocycles. The number of hydrogen-bond acceptors (Lipinski definition) is 2. The van der Waals surface area contributed by atoms with Crippen molar-refractivity contribution in [2.45, 2.75) is 38.8 Å². The van der Waals surface area contributed by atoms with Crippen LogP contribution in [0.25, 0.3) is 0 Å². The lowest BCUT2D eigenvalue weighted by atomic mass is 10.0. The molecule has 0 unspecified atom stereocenters. The van der Waals surface area contributed by atoms with Crippen LogP contribution in [0.15, 0.2) is 30.3 Å². The van der Waals surface area contributed by atoms with Crippen molar-refractivity contribution >= 4 is 0 Å². The fourth-order valence-electron chi connectivity index (χ4n) is 2.22. The van der Waals surface area contributed by atoms with E-state index >= 15 is 0 Å². The highest BCUT2D eigenvalue weighted by molar-refractivity contribution is 5.18. The van der Waals surface area contributed by atoms with Gasteiger partial charge in [-0.3, -0.25) is 4.84 Å². The largest absolute Gasteiger partial charge is 0.291 e. The van der Waals surface area contributed by atoms with Crippen LogP contribution in [0, 0.1) is 0 Å². The van der Waals surface area contributed by atoms with Crippen LogP contribution >= 0.6 is 0 Å². The molecule has 0 bridgehead atoms. The van der Waals surface area contributed by atoms with Gasteiger partial charge in [-0.2, -0.15) is 5.06 Å². The minimum Gasteiger partial charge on any atom is -0.291 e. The highest BCUT2D eigenvalue weighted by atomic mass is 16.7. The van der Waals surface area contributed by atoms with E-state index in [1.165, 1.54) is 5.56 Å². The molecule has 2 nitrogen and oxygen atoms in total. The second kappa shape index (κ2) is 4.77. The summed E-state index contributed by atoms with van der Waals surface area (Å²) in [4.78, 5) is 5.93. The van der Waals surface area contributed by atoms with Crippen molar-refractivity contribution in [1.82, 2.24) is 5.06 Å². The zero-order valence-corrected chi connectivity index (χ0v) is 9.52.